The van der Waals surface area contributed by atoms with Gasteiger partial charge in [-0.3, -0.25) is 14.9 Å². The lowest BCUT2D eigenvalue weighted by Crippen LogP contribution is -2.22. The Kier molecular flexibility index (Phi) is 5.15. The molecule has 0 fully saturated rings. The van der Waals surface area contributed by atoms with Crippen LogP contribution in [0.1, 0.15) is 12.5 Å². The van der Waals surface area contributed by atoms with Gasteiger partial charge in [-0.05, 0) is 37.6 Å². The number of hydrogen-bond acceptors (Lipinski definition) is 5. The molecule has 1 aromatic heterocycles. The lowest BCUT2D eigenvalue weighted by Gasteiger charge is -2.11. The minimum atomic E-state index is -0.541. The number of carbonyl (C=O) groups excluding carboxylic acids is 1. The molecule has 0 saturated carbocycles. The first kappa shape index (κ1) is 18.2. The summed E-state index contributed by atoms with van der Waals surface area (Å²) in [5.41, 5.74) is 2.91. The number of nitrogens with zero attached hydrogens (tertiary/aromatic N) is 2. The van der Waals surface area contributed by atoms with Gasteiger partial charge in [-0.1, -0.05) is 29.4 Å². The van der Waals surface area contributed by atoms with Crippen LogP contribution in [0.3, 0.4) is 0 Å². The molecule has 2 aromatic carbocycles. The number of halogens is 1. The zero-order valence-corrected chi connectivity index (χ0v) is 15.5. The molecule has 0 aliphatic heterocycles. The Morgan fingerprint density at radius 1 is 1.35 bits per heavy atom. The summed E-state index contributed by atoms with van der Waals surface area (Å²) in [6, 6.07) is 9.78. The number of aromatic amines is 1. The molecule has 134 valence electrons. The van der Waals surface area contributed by atoms with Crippen LogP contribution in [-0.2, 0) is 4.79 Å². The molecule has 1 heterocycles. The number of nitro groups is 1. The van der Waals surface area contributed by atoms with E-state index in [1.54, 1.807) is 6.92 Å². The van der Waals surface area contributed by atoms with Crippen molar-refractivity contribution in [3.63, 3.8) is 0 Å². The minimum absolute atomic E-state index is 0.141. The average molecular weight is 391 g/mol. The smallest absolute Gasteiger partial charge is 0.271 e. The number of imidazole rings is 1. The highest BCUT2D eigenvalue weighted by molar-refractivity contribution is 8.00. The Bertz CT molecular complexity index is 1000. The number of benzene rings is 2. The molecule has 0 spiro atoms. The van der Waals surface area contributed by atoms with Gasteiger partial charge in [0, 0.05) is 12.1 Å². The molecule has 26 heavy (non-hydrogen) atoms. The third-order valence-electron chi connectivity index (χ3n) is 3.69. The van der Waals surface area contributed by atoms with Crippen LogP contribution in [0, 0.1) is 17.0 Å². The second-order valence-corrected chi connectivity index (χ2v) is 7.47. The van der Waals surface area contributed by atoms with Crippen molar-refractivity contribution in [2.24, 2.45) is 0 Å². The quantitative estimate of drug-likeness (QED) is 0.378. The molecule has 1 atom stereocenters. The van der Waals surface area contributed by atoms with Crippen LogP contribution in [0.25, 0.3) is 11.0 Å². The fourth-order valence-corrected chi connectivity index (χ4v) is 3.32. The SMILES string of the molecule is Cc1ccc2nc(SC(C)C(=O)Nc3cc([N+](=O)[O-])ccc3Cl)[nH]c2c1. The van der Waals surface area contributed by atoms with Crippen molar-refractivity contribution in [3.8, 4) is 0 Å². The molecule has 0 aliphatic carbocycles. The number of aromatic nitrogens is 2. The predicted molar refractivity (Wildman–Crippen MR) is 103 cm³/mol. The molecular weight excluding hydrogens is 376 g/mol. The Morgan fingerprint density at radius 3 is 2.85 bits per heavy atom. The average Bonchev–Trinajstić information content (AvgIpc) is 2.97. The molecule has 0 radical (unpaired) electrons. The Hall–Kier alpha value is -2.58. The predicted octanol–water partition coefficient (Wildman–Crippen LogP) is 4.55. The van der Waals surface area contributed by atoms with E-state index in [-0.39, 0.29) is 22.3 Å². The van der Waals surface area contributed by atoms with Crippen molar-refractivity contribution in [1.29, 1.82) is 0 Å². The summed E-state index contributed by atoms with van der Waals surface area (Å²) < 4.78 is 0. The summed E-state index contributed by atoms with van der Waals surface area (Å²) in [7, 11) is 0. The number of carbonyl (C=O) groups is 1. The molecule has 0 saturated heterocycles. The highest BCUT2D eigenvalue weighted by atomic mass is 35.5. The van der Waals surface area contributed by atoms with E-state index in [9.17, 15) is 14.9 Å². The summed E-state index contributed by atoms with van der Waals surface area (Å²) in [5.74, 6) is -0.325. The number of aryl methyl sites for hydroxylation is 1. The number of non-ortho nitro benzene ring substituents is 1. The summed E-state index contributed by atoms with van der Waals surface area (Å²) in [4.78, 5) is 30.4. The summed E-state index contributed by atoms with van der Waals surface area (Å²) in [6.45, 7) is 3.72. The second-order valence-electron chi connectivity index (χ2n) is 5.73. The number of nitrogens with one attached hydrogen (secondary N) is 2. The van der Waals surface area contributed by atoms with Crippen LogP contribution >= 0.6 is 23.4 Å². The molecule has 7 nitrogen and oxygen atoms in total. The molecular formula is C17H15ClN4O3S. The summed E-state index contributed by atoms with van der Waals surface area (Å²) in [6.07, 6.45) is 0. The first-order valence-electron chi connectivity index (χ1n) is 7.71. The van der Waals surface area contributed by atoms with Crippen molar-refractivity contribution in [2.75, 3.05) is 5.32 Å². The Labute approximate surface area is 158 Å². The molecule has 9 heteroatoms. The van der Waals surface area contributed by atoms with Gasteiger partial charge in [-0.15, -0.1) is 0 Å². The van der Waals surface area contributed by atoms with Crippen molar-refractivity contribution in [3.05, 3.63) is 57.1 Å². The molecule has 3 rings (SSSR count). The number of anilines is 1. The van der Waals surface area contributed by atoms with Crippen molar-refractivity contribution >= 4 is 51.7 Å². The number of H-pyrrole nitrogens is 1. The molecule has 1 amide bonds. The van der Waals surface area contributed by atoms with E-state index < -0.39 is 10.2 Å². The number of rotatable bonds is 5. The van der Waals surface area contributed by atoms with Crippen LogP contribution in [0.5, 0.6) is 0 Å². The normalized spacial score (nSPS) is 12.1. The van der Waals surface area contributed by atoms with Crippen LogP contribution in [0.15, 0.2) is 41.6 Å². The summed E-state index contributed by atoms with van der Waals surface area (Å²) >= 11 is 7.28. The molecule has 2 N–H and O–H groups in total. The van der Waals surface area contributed by atoms with Gasteiger partial charge >= 0.3 is 0 Å². The van der Waals surface area contributed by atoms with Gasteiger partial charge < -0.3 is 10.3 Å². The van der Waals surface area contributed by atoms with E-state index in [1.165, 1.54) is 30.0 Å². The number of thioether (sulfide) groups is 1. The highest BCUT2D eigenvalue weighted by Crippen LogP contribution is 2.29. The minimum Gasteiger partial charge on any atom is -0.333 e. The zero-order valence-electron chi connectivity index (χ0n) is 13.9. The third-order valence-corrected chi connectivity index (χ3v) is 5.01. The fourth-order valence-electron chi connectivity index (χ4n) is 2.33. The van der Waals surface area contributed by atoms with Gasteiger partial charge in [0.2, 0.25) is 5.91 Å². The van der Waals surface area contributed by atoms with Gasteiger partial charge in [0.15, 0.2) is 5.16 Å². The van der Waals surface area contributed by atoms with E-state index in [0.29, 0.717) is 5.16 Å². The zero-order chi connectivity index (χ0) is 18.8. The van der Waals surface area contributed by atoms with E-state index >= 15 is 0 Å². The fraction of sp³-hybridized carbons (Fsp3) is 0.176. The van der Waals surface area contributed by atoms with Gasteiger partial charge in [0.1, 0.15) is 0 Å². The number of fused-ring (bicyclic) bond motifs is 1. The summed E-state index contributed by atoms with van der Waals surface area (Å²) in [5, 5.41) is 13.9. The number of hydrogen-bond donors (Lipinski definition) is 2. The van der Waals surface area contributed by atoms with Crippen LogP contribution < -0.4 is 5.32 Å². The van der Waals surface area contributed by atoms with Crippen molar-refractivity contribution in [1.82, 2.24) is 9.97 Å². The standard InChI is InChI=1S/C17H15ClN4O3S/c1-9-3-6-13-15(7-9)21-17(20-13)26-10(2)16(23)19-14-8-11(22(24)25)4-5-12(14)18/h3-8,10H,1-2H3,(H,19,23)(H,20,21). The van der Waals surface area contributed by atoms with Crippen LogP contribution in [0.4, 0.5) is 11.4 Å². The van der Waals surface area contributed by atoms with E-state index in [1.807, 2.05) is 25.1 Å². The topological polar surface area (TPSA) is 101 Å². The van der Waals surface area contributed by atoms with E-state index in [0.717, 1.165) is 16.6 Å². The third kappa shape index (κ3) is 3.97. The molecule has 0 bridgehead atoms. The van der Waals surface area contributed by atoms with Gasteiger partial charge in [0.25, 0.3) is 5.69 Å². The first-order valence-corrected chi connectivity index (χ1v) is 8.97. The van der Waals surface area contributed by atoms with E-state index in [4.69, 9.17) is 11.6 Å². The second kappa shape index (κ2) is 7.35. The lowest BCUT2D eigenvalue weighted by atomic mass is 10.2. The first-order chi connectivity index (χ1) is 12.3. The lowest BCUT2D eigenvalue weighted by molar-refractivity contribution is -0.384. The maximum absolute atomic E-state index is 12.4. The molecule has 3 aromatic rings. The molecule has 1 unspecified atom stereocenters. The van der Waals surface area contributed by atoms with Gasteiger partial charge in [-0.25, -0.2) is 4.98 Å². The van der Waals surface area contributed by atoms with Crippen molar-refractivity contribution < 1.29 is 9.72 Å². The Balaban J connectivity index is 1.73. The Morgan fingerprint density at radius 2 is 2.12 bits per heavy atom. The highest BCUT2D eigenvalue weighted by Gasteiger charge is 2.19. The number of amides is 1. The maximum atomic E-state index is 12.4. The maximum Gasteiger partial charge on any atom is 0.271 e. The van der Waals surface area contributed by atoms with Crippen LogP contribution in [0.2, 0.25) is 5.02 Å². The van der Waals surface area contributed by atoms with E-state index in [2.05, 4.69) is 15.3 Å². The van der Waals surface area contributed by atoms with Gasteiger partial charge in [0.05, 0.1) is 31.9 Å². The largest absolute Gasteiger partial charge is 0.333 e. The van der Waals surface area contributed by atoms with Crippen molar-refractivity contribution in [2.45, 2.75) is 24.3 Å². The molecule has 0 aliphatic rings. The number of nitro benzene ring substituents is 1. The van der Waals surface area contributed by atoms with Gasteiger partial charge in [-0.2, -0.15) is 0 Å². The monoisotopic (exact) mass is 390 g/mol. The van der Waals surface area contributed by atoms with Crippen LogP contribution in [-0.4, -0.2) is 26.0 Å².